The minimum atomic E-state index is -1.46. The molecule has 2 saturated carbocycles. The van der Waals surface area contributed by atoms with Crippen molar-refractivity contribution in [3.63, 3.8) is 0 Å². The Morgan fingerprint density at radius 2 is 1.75 bits per heavy atom. The van der Waals surface area contributed by atoms with Crippen LogP contribution in [0.1, 0.15) is 75.0 Å². The second kappa shape index (κ2) is 16.8. The number of benzene rings is 2. The summed E-state index contributed by atoms with van der Waals surface area (Å²) in [5.41, 5.74) is 4.36. The maximum absolute atomic E-state index is 12.5. The van der Waals surface area contributed by atoms with Crippen molar-refractivity contribution in [2.24, 2.45) is 0 Å². The Hall–Kier alpha value is -2.76. The van der Waals surface area contributed by atoms with Crippen molar-refractivity contribution < 1.29 is 34.7 Å². The highest BCUT2D eigenvalue weighted by atomic mass is 35.5. The van der Waals surface area contributed by atoms with Gasteiger partial charge in [0.15, 0.2) is 0 Å². The normalized spacial score (nSPS) is 17.1. The molecule has 3 atom stereocenters. The topological polar surface area (TPSA) is 133 Å². The number of hydrogen-bond donors (Lipinski definition) is 4. The molecule has 4 N–H and O–H groups in total. The molecular weight excluding hydrogens is 655 g/mol. The summed E-state index contributed by atoms with van der Waals surface area (Å²) in [6.45, 7) is 1.97. The van der Waals surface area contributed by atoms with Gasteiger partial charge in [0.1, 0.15) is 11.9 Å². The SMILES string of the molecule is CCC(=O)N(CCCCc1cc(Cl)c(COC2(c3cnccc3-c3ccccc3OC3CC3)CC2)cc1Cl)CC(O)C(O)C(O)CCO. The first-order valence-corrected chi connectivity index (χ1v) is 17.7. The van der Waals surface area contributed by atoms with Crippen molar-refractivity contribution >= 4 is 29.1 Å². The lowest BCUT2D eigenvalue weighted by molar-refractivity contribution is -0.135. The van der Waals surface area contributed by atoms with E-state index in [4.69, 9.17) is 37.8 Å². The van der Waals surface area contributed by atoms with Crippen LogP contribution in [-0.2, 0) is 28.2 Å². The summed E-state index contributed by atoms with van der Waals surface area (Å²) in [5.74, 6) is 0.717. The van der Waals surface area contributed by atoms with Gasteiger partial charge in [-0.3, -0.25) is 9.78 Å². The molecule has 48 heavy (non-hydrogen) atoms. The molecule has 0 aliphatic heterocycles. The number of amides is 1. The molecule has 0 spiro atoms. The first-order chi connectivity index (χ1) is 23.2. The maximum atomic E-state index is 12.5. The highest BCUT2D eigenvalue weighted by molar-refractivity contribution is 6.34. The Balaban J connectivity index is 1.18. The van der Waals surface area contributed by atoms with Gasteiger partial charge >= 0.3 is 0 Å². The van der Waals surface area contributed by atoms with Gasteiger partial charge in [-0.1, -0.05) is 48.3 Å². The van der Waals surface area contributed by atoms with Crippen LogP contribution >= 0.6 is 23.2 Å². The van der Waals surface area contributed by atoms with Crippen LogP contribution in [0.25, 0.3) is 11.1 Å². The summed E-state index contributed by atoms with van der Waals surface area (Å²) in [6.07, 6.45) is 6.00. The Bertz CT molecular complexity index is 1530. The lowest BCUT2D eigenvalue weighted by atomic mass is 9.96. The Morgan fingerprint density at radius 3 is 2.46 bits per heavy atom. The van der Waals surface area contributed by atoms with E-state index in [1.54, 1.807) is 13.1 Å². The molecule has 3 unspecified atom stereocenters. The number of nitrogens with zero attached hydrogens (tertiary/aromatic N) is 2. The summed E-state index contributed by atoms with van der Waals surface area (Å²) < 4.78 is 12.8. The number of halogens is 2. The Kier molecular flexibility index (Phi) is 12.8. The Labute approximate surface area is 292 Å². The number of rotatable bonds is 19. The lowest BCUT2D eigenvalue weighted by Gasteiger charge is -2.29. The number of unbranched alkanes of at least 4 members (excludes halogenated alkanes) is 1. The number of aliphatic hydroxyl groups is 4. The molecule has 260 valence electrons. The monoisotopic (exact) mass is 700 g/mol. The number of carbonyl (C=O) groups is 1. The minimum Gasteiger partial charge on any atom is -0.490 e. The maximum Gasteiger partial charge on any atom is 0.222 e. The van der Waals surface area contributed by atoms with Gasteiger partial charge in [-0.05, 0) is 92.3 Å². The van der Waals surface area contributed by atoms with E-state index in [2.05, 4.69) is 11.1 Å². The molecule has 0 radical (unpaired) electrons. The van der Waals surface area contributed by atoms with E-state index < -0.39 is 23.9 Å². The van der Waals surface area contributed by atoms with E-state index in [0.29, 0.717) is 42.5 Å². The summed E-state index contributed by atoms with van der Waals surface area (Å²) in [7, 11) is 0. The van der Waals surface area contributed by atoms with Crippen molar-refractivity contribution in [2.75, 3.05) is 19.7 Å². The van der Waals surface area contributed by atoms with E-state index >= 15 is 0 Å². The molecule has 2 aliphatic rings. The van der Waals surface area contributed by atoms with Crippen LogP contribution in [0.4, 0.5) is 0 Å². The molecule has 1 aromatic heterocycles. The van der Waals surface area contributed by atoms with Crippen LogP contribution in [0.15, 0.2) is 54.9 Å². The number of ether oxygens (including phenoxy) is 2. The van der Waals surface area contributed by atoms with Gasteiger partial charge in [0.25, 0.3) is 0 Å². The Morgan fingerprint density at radius 1 is 1.02 bits per heavy atom. The third-order valence-corrected chi connectivity index (χ3v) is 9.83. The minimum absolute atomic E-state index is 0.0638. The molecule has 0 bridgehead atoms. The highest BCUT2D eigenvalue weighted by Gasteiger charge is 2.48. The van der Waals surface area contributed by atoms with Gasteiger partial charge in [-0.25, -0.2) is 0 Å². The van der Waals surface area contributed by atoms with Crippen LogP contribution in [0, 0.1) is 0 Å². The number of aliphatic hydroxyl groups excluding tert-OH is 4. The number of aromatic nitrogens is 1. The van der Waals surface area contributed by atoms with Crippen LogP contribution in [0.2, 0.25) is 10.0 Å². The first-order valence-electron chi connectivity index (χ1n) is 16.9. The van der Waals surface area contributed by atoms with Gasteiger partial charge in [0, 0.05) is 59.7 Å². The van der Waals surface area contributed by atoms with Crippen molar-refractivity contribution in [3.8, 4) is 16.9 Å². The number of carbonyl (C=O) groups excluding carboxylic acids is 1. The molecular formula is C37H46Cl2N2O7. The number of pyridine rings is 1. The third-order valence-electron chi connectivity index (χ3n) is 9.13. The average molecular weight is 702 g/mol. The molecule has 1 heterocycles. The van der Waals surface area contributed by atoms with Crippen LogP contribution in [0.5, 0.6) is 5.75 Å². The zero-order valence-electron chi connectivity index (χ0n) is 27.4. The van der Waals surface area contributed by atoms with Gasteiger partial charge in [-0.15, -0.1) is 0 Å². The standard InChI is InChI=1S/C37H46Cl2N2O7/c1-2-35(45)41(22-33(44)36(46)32(43)13-18-42)17-6-5-7-24-19-31(39)25(20-30(24)38)23-47-37(14-15-37)29-21-40-16-12-27(29)28-8-3-4-9-34(28)48-26-10-11-26/h3-4,8-9,12,16,19-21,26,32-33,36,42-44,46H,2,5-7,10-11,13-15,17-18,22-23H2,1H3. The molecule has 11 heteroatoms. The first kappa shape index (κ1) is 36.5. The quantitative estimate of drug-likeness (QED) is 0.115. The van der Waals surface area contributed by atoms with Crippen molar-refractivity contribution in [2.45, 2.75) is 101 Å². The zero-order chi connectivity index (χ0) is 34.3. The largest absolute Gasteiger partial charge is 0.490 e. The lowest BCUT2D eigenvalue weighted by Crippen LogP contribution is -2.46. The molecule has 0 saturated heterocycles. The van der Waals surface area contributed by atoms with E-state index in [0.717, 1.165) is 59.3 Å². The molecule has 2 aromatic carbocycles. The van der Waals surface area contributed by atoms with E-state index in [1.165, 1.54) is 4.90 Å². The summed E-state index contributed by atoms with van der Waals surface area (Å²) in [4.78, 5) is 18.4. The molecule has 9 nitrogen and oxygen atoms in total. The van der Waals surface area contributed by atoms with Crippen LogP contribution < -0.4 is 4.74 Å². The molecule has 3 aromatic rings. The van der Waals surface area contributed by atoms with E-state index in [9.17, 15) is 20.1 Å². The van der Waals surface area contributed by atoms with Crippen molar-refractivity contribution in [1.29, 1.82) is 0 Å². The zero-order valence-corrected chi connectivity index (χ0v) is 28.9. The van der Waals surface area contributed by atoms with Gasteiger partial charge in [0.2, 0.25) is 5.91 Å². The smallest absolute Gasteiger partial charge is 0.222 e. The summed E-state index contributed by atoms with van der Waals surface area (Å²) in [6, 6.07) is 13.9. The second-order valence-corrected chi connectivity index (χ2v) is 13.7. The summed E-state index contributed by atoms with van der Waals surface area (Å²) >= 11 is 13.5. The fraction of sp³-hybridized carbons (Fsp3) is 0.514. The number of aryl methyl sites for hydroxylation is 1. The van der Waals surface area contributed by atoms with Gasteiger partial charge in [0.05, 0.1) is 30.5 Å². The molecule has 2 fully saturated rings. The third kappa shape index (κ3) is 9.27. The van der Waals surface area contributed by atoms with E-state index in [-0.39, 0.29) is 38.0 Å². The average Bonchev–Trinajstić information content (AvgIpc) is 4.04. The van der Waals surface area contributed by atoms with E-state index in [1.807, 2.05) is 42.6 Å². The molecule has 1 amide bonds. The predicted octanol–water partition coefficient (Wildman–Crippen LogP) is 5.83. The van der Waals surface area contributed by atoms with Gasteiger partial charge in [-0.2, -0.15) is 0 Å². The van der Waals surface area contributed by atoms with Gasteiger partial charge < -0.3 is 34.8 Å². The fourth-order valence-electron chi connectivity index (χ4n) is 5.95. The number of hydrogen-bond acceptors (Lipinski definition) is 8. The fourth-order valence-corrected chi connectivity index (χ4v) is 6.48. The van der Waals surface area contributed by atoms with Crippen molar-refractivity contribution in [3.05, 3.63) is 81.6 Å². The second-order valence-electron chi connectivity index (χ2n) is 12.8. The van der Waals surface area contributed by atoms with Crippen LogP contribution in [-0.4, -0.2) is 80.3 Å². The van der Waals surface area contributed by atoms with Crippen molar-refractivity contribution in [1.82, 2.24) is 9.88 Å². The molecule has 2 aliphatic carbocycles. The van der Waals surface area contributed by atoms with Crippen LogP contribution in [0.3, 0.4) is 0 Å². The molecule has 5 rings (SSSR count). The summed E-state index contributed by atoms with van der Waals surface area (Å²) in [5, 5.41) is 40.6. The predicted molar refractivity (Wildman–Crippen MR) is 185 cm³/mol. The number of para-hydroxylation sites is 1. The highest BCUT2D eigenvalue weighted by Crippen LogP contribution is 2.53.